The van der Waals surface area contributed by atoms with Crippen LogP contribution in [0.1, 0.15) is 19.3 Å². The zero-order valence-corrected chi connectivity index (χ0v) is 10.1. The van der Waals surface area contributed by atoms with Crippen molar-refractivity contribution in [3.8, 4) is 0 Å². The van der Waals surface area contributed by atoms with Crippen LogP contribution in [0.4, 0.5) is 18.9 Å². The Kier molecular flexibility index (Phi) is 5.05. The van der Waals surface area contributed by atoms with Crippen LogP contribution < -0.4 is 5.32 Å². The first kappa shape index (κ1) is 13.3. The van der Waals surface area contributed by atoms with Gasteiger partial charge in [0, 0.05) is 25.4 Å². The minimum absolute atomic E-state index is 0.152. The Hall–Kier alpha value is -0.780. The average molecular weight is 297 g/mol. The Morgan fingerprint density at radius 1 is 1.31 bits per heavy atom. The molecule has 16 heavy (non-hydrogen) atoms. The number of aromatic nitrogens is 1. The van der Waals surface area contributed by atoms with Crippen LogP contribution in [0.3, 0.4) is 0 Å². The zero-order valence-electron chi connectivity index (χ0n) is 8.52. The summed E-state index contributed by atoms with van der Waals surface area (Å²) < 4.78 is 36.3. The lowest BCUT2D eigenvalue weighted by atomic mass is 10.2. The van der Waals surface area contributed by atoms with Crippen molar-refractivity contribution in [1.82, 2.24) is 4.98 Å². The van der Waals surface area contributed by atoms with Crippen molar-refractivity contribution in [3.63, 3.8) is 0 Å². The van der Waals surface area contributed by atoms with E-state index in [1.54, 1.807) is 18.5 Å². The number of hydrogen-bond acceptors (Lipinski definition) is 2. The van der Waals surface area contributed by atoms with E-state index in [0.717, 1.165) is 10.2 Å². The fourth-order valence-corrected chi connectivity index (χ4v) is 1.58. The molecule has 1 heterocycles. The van der Waals surface area contributed by atoms with Crippen molar-refractivity contribution in [1.29, 1.82) is 0 Å². The molecule has 1 aromatic rings. The molecule has 0 saturated carbocycles. The highest BCUT2D eigenvalue weighted by Crippen LogP contribution is 2.23. The summed E-state index contributed by atoms with van der Waals surface area (Å²) in [4.78, 5) is 3.89. The minimum atomic E-state index is -4.04. The van der Waals surface area contributed by atoms with E-state index in [4.69, 9.17) is 0 Å². The molecule has 0 aromatic carbocycles. The fourth-order valence-electron chi connectivity index (χ4n) is 1.19. The smallest absolute Gasteiger partial charge is 0.384 e. The number of nitrogens with zero attached hydrogens (tertiary/aromatic N) is 1. The third kappa shape index (κ3) is 5.34. The number of anilines is 1. The Labute approximate surface area is 100 Å². The van der Waals surface area contributed by atoms with Gasteiger partial charge in [-0.05, 0) is 34.8 Å². The summed E-state index contributed by atoms with van der Waals surface area (Å²) in [5, 5.41) is 3.04. The monoisotopic (exact) mass is 296 g/mol. The first-order valence-corrected chi connectivity index (χ1v) is 5.68. The predicted octanol–water partition coefficient (Wildman–Crippen LogP) is 3.99. The molecule has 0 radical (unpaired) electrons. The molecule has 0 aliphatic heterocycles. The number of alkyl halides is 3. The molecular weight excluding hydrogens is 285 g/mol. The van der Waals surface area contributed by atoms with Crippen LogP contribution >= 0.6 is 15.9 Å². The lowest BCUT2D eigenvalue weighted by molar-refractivity contribution is -0.135. The Morgan fingerprint density at radius 2 is 2.06 bits per heavy atom. The first-order valence-electron chi connectivity index (χ1n) is 4.89. The summed E-state index contributed by atoms with van der Waals surface area (Å²) in [7, 11) is 0. The van der Waals surface area contributed by atoms with Gasteiger partial charge in [-0.15, -0.1) is 0 Å². The van der Waals surface area contributed by atoms with Crippen molar-refractivity contribution in [3.05, 3.63) is 22.9 Å². The number of rotatable bonds is 5. The molecule has 0 fully saturated rings. The SMILES string of the molecule is FC(F)(F)CCCCNc1ccncc1Br. The molecule has 0 bridgehead atoms. The largest absolute Gasteiger partial charge is 0.389 e. The number of unbranched alkanes of at least 4 members (excludes halogenated alkanes) is 1. The topological polar surface area (TPSA) is 24.9 Å². The van der Waals surface area contributed by atoms with Crippen molar-refractivity contribution in [2.75, 3.05) is 11.9 Å². The molecule has 0 aliphatic rings. The average Bonchev–Trinajstić information content (AvgIpc) is 2.18. The summed E-state index contributed by atoms with van der Waals surface area (Å²) in [6, 6.07) is 1.77. The number of halogens is 4. The maximum Gasteiger partial charge on any atom is 0.389 e. The van der Waals surface area contributed by atoms with E-state index in [9.17, 15) is 13.2 Å². The van der Waals surface area contributed by atoms with Crippen molar-refractivity contribution >= 4 is 21.6 Å². The molecule has 1 aromatic heterocycles. The summed E-state index contributed by atoms with van der Waals surface area (Å²) in [5.41, 5.74) is 0.849. The van der Waals surface area contributed by atoms with Crippen LogP contribution in [-0.2, 0) is 0 Å². The molecule has 1 N–H and O–H groups in total. The molecule has 90 valence electrons. The lowest BCUT2D eigenvalue weighted by Crippen LogP contribution is -2.08. The van der Waals surface area contributed by atoms with E-state index < -0.39 is 12.6 Å². The quantitative estimate of drug-likeness (QED) is 0.831. The Bertz CT molecular complexity index is 328. The normalized spacial score (nSPS) is 11.5. The predicted molar refractivity (Wildman–Crippen MR) is 60.3 cm³/mol. The summed E-state index contributed by atoms with van der Waals surface area (Å²) >= 11 is 3.29. The maximum atomic E-state index is 11.8. The lowest BCUT2D eigenvalue weighted by Gasteiger charge is -2.08. The van der Waals surface area contributed by atoms with Crippen molar-refractivity contribution < 1.29 is 13.2 Å². The summed E-state index contributed by atoms with van der Waals surface area (Å²) in [6.45, 7) is 0.526. The van der Waals surface area contributed by atoms with E-state index in [2.05, 4.69) is 26.2 Å². The van der Waals surface area contributed by atoms with Crippen LogP contribution in [-0.4, -0.2) is 17.7 Å². The highest BCUT2D eigenvalue weighted by atomic mass is 79.9. The van der Waals surface area contributed by atoms with Crippen LogP contribution in [0.15, 0.2) is 22.9 Å². The molecule has 1 rings (SSSR count). The van der Waals surface area contributed by atoms with Gasteiger partial charge in [-0.3, -0.25) is 4.98 Å². The zero-order chi connectivity index (χ0) is 12.0. The standard InChI is InChI=1S/C10H12BrF3N2/c11-8-7-15-6-3-9(8)16-5-2-1-4-10(12,13)14/h3,6-7H,1-2,4-5H2,(H,15,16). The highest BCUT2D eigenvalue weighted by molar-refractivity contribution is 9.10. The van der Waals surface area contributed by atoms with Gasteiger partial charge in [0.2, 0.25) is 0 Å². The van der Waals surface area contributed by atoms with Crippen molar-refractivity contribution in [2.24, 2.45) is 0 Å². The van der Waals surface area contributed by atoms with E-state index in [-0.39, 0.29) is 6.42 Å². The van der Waals surface area contributed by atoms with Gasteiger partial charge in [-0.1, -0.05) is 0 Å². The molecule has 0 saturated heterocycles. The van der Waals surface area contributed by atoms with Crippen LogP contribution in [0, 0.1) is 0 Å². The van der Waals surface area contributed by atoms with Gasteiger partial charge in [0.15, 0.2) is 0 Å². The Morgan fingerprint density at radius 3 is 2.69 bits per heavy atom. The third-order valence-electron chi connectivity index (χ3n) is 1.97. The van der Waals surface area contributed by atoms with E-state index in [1.165, 1.54) is 0 Å². The number of hydrogen-bond donors (Lipinski definition) is 1. The number of pyridine rings is 1. The van der Waals surface area contributed by atoms with Gasteiger partial charge >= 0.3 is 6.18 Å². The minimum Gasteiger partial charge on any atom is -0.384 e. The molecule has 0 unspecified atom stereocenters. The summed E-state index contributed by atoms with van der Waals surface area (Å²) in [5.74, 6) is 0. The van der Waals surface area contributed by atoms with Gasteiger partial charge in [-0.25, -0.2) is 0 Å². The van der Waals surface area contributed by atoms with Gasteiger partial charge < -0.3 is 5.32 Å². The van der Waals surface area contributed by atoms with E-state index >= 15 is 0 Å². The van der Waals surface area contributed by atoms with E-state index in [0.29, 0.717) is 13.0 Å². The van der Waals surface area contributed by atoms with Gasteiger partial charge in [0.25, 0.3) is 0 Å². The molecule has 0 spiro atoms. The maximum absolute atomic E-state index is 11.8. The summed E-state index contributed by atoms with van der Waals surface area (Å²) in [6.07, 6.45) is -0.849. The van der Waals surface area contributed by atoms with Gasteiger partial charge in [0.1, 0.15) is 0 Å². The second kappa shape index (κ2) is 6.08. The molecule has 2 nitrogen and oxygen atoms in total. The molecular formula is C10H12BrF3N2. The van der Waals surface area contributed by atoms with E-state index in [1.807, 2.05) is 0 Å². The Balaban J connectivity index is 2.19. The third-order valence-corrected chi connectivity index (χ3v) is 2.61. The van der Waals surface area contributed by atoms with Crippen molar-refractivity contribution in [2.45, 2.75) is 25.4 Å². The molecule has 6 heteroatoms. The second-order valence-corrected chi connectivity index (χ2v) is 4.21. The first-order chi connectivity index (χ1) is 7.49. The molecule has 0 atom stereocenters. The molecule has 0 amide bonds. The fraction of sp³-hybridized carbons (Fsp3) is 0.500. The van der Waals surface area contributed by atoms with Gasteiger partial charge in [0.05, 0.1) is 10.2 Å². The van der Waals surface area contributed by atoms with Crippen LogP contribution in [0.2, 0.25) is 0 Å². The van der Waals surface area contributed by atoms with Crippen LogP contribution in [0.5, 0.6) is 0 Å². The molecule has 0 aliphatic carbocycles. The number of nitrogens with one attached hydrogen (secondary N) is 1. The second-order valence-electron chi connectivity index (χ2n) is 3.35. The highest BCUT2D eigenvalue weighted by Gasteiger charge is 2.25. The van der Waals surface area contributed by atoms with Gasteiger partial charge in [-0.2, -0.15) is 13.2 Å². The van der Waals surface area contributed by atoms with Crippen LogP contribution in [0.25, 0.3) is 0 Å².